The predicted octanol–water partition coefficient (Wildman–Crippen LogP) is 3.71. The van der Waals surface area contributed by atoms with E-state index in [1.807, 2.05) is 20.8 Å². The number of hydrogen-bond donors (Lipinski definition) is 2. The van der Waals surface area contributed by atoms with Crippen molar-refractivity contribution in [3.63, 3.8) is 0 Å². The number of aliphatic hydroxyl groups is 2. The van der Waals surface area contributed by atoms with E-state index in [2.05, 4.69) is 13.8 Å². The largest absolute Gasteiger partial charge is 0.673 e. The van der Waals surface area contributed by atoms with Crippen LogP contribution in [-0.4, -0.2) is 79.6 Å². The molecule has 2 fully saturated rings. The molecule has 0 spiro atoms. The van der Waals surface area contributed by atoms with Crippen molar-refractivity contribution in [2.45, 2.75) is 102 Å². The summed E-state index contributed by atoms with van der Waals surface area (Å²) in [6, 6.07) is -2.26. The van der Waals surface area contributed by atoms with Gasteiger partial charge >= 0.3 is 0 Å². The maximum absolute atomic E-state index is 10.9. The van der Waals surface area contributed by atoms with Crippen LogP contribution >= 0.6 is 0 Å². The zero-order valence-electron chi connectivity index (χ0n) is 24.9. The van der Waals surface area contributed by atoms with Gasteiger partial charge in [0.2, 0.25) is 0 Å². The minimum absolute atomic E-state index is 0. The van der Waals surface area contributed by atoms with E-state index < -0.39 is 55.3 Å². The molecule has 9 radical (unpaired) electrons. The quantitative estimate of drug-likeness (QED) is 0.330. The van der Waals surface area contributed by atoms with Crippen LogP contribution in [0.4, 0.5) is 4.39 Å². The number of ether oxygens (including phenoxy) is 3. The van der Waals surface area contributed by atoms with Crippen molar-refractivity contribution in [2.24, 2.45) is 11.8 Å². The first-order chi connectivity index (χ1) is 14.2. The van der Waals surface area contributed by atoms with Crippen molar-refractivity contribution in [1.29, 1.82) is 0 Å². The van der Waals surface area contributed by atoms with Crippen molar-refractivity contribution in [3.8, 4) is 0 Å². The Morgan fingerprint density at radius 3 is 1.82 bits per heavy atom. The van der Waals surface area contributed by atoms with Gasteiger partial charge in [0.25, 0.3) is 0 Å². The minimum atomic E-state index is -0.917. The summed E-state index contributed by atoms with van der Waals surface area (Å²) in [6.07, 6.45) is -3.59. The van der Waals surface area contributed by atoms with E-state index in [1.165, 1.54) is 6.92 Å². The van der Waals surface area contributed by atoms with Crippen molar-refractivity contribution in [2.75, 3.05) is 6.61 Å². The van der Waals surface area contributed by atoms with Crippen LogP contribution in [0.2, 0.25) is 0 Å². The fourth-order valence-corrected chi connectivity index (χ4v) is 3.07. The van der Waals surface area contributed by atoms with Gasteiger partial charge < -0.3 is 57.2 Å². The molecular formula is C22H43BFN2O5Y7-5. The third-order valence-electron chi connectivity index (χ3n) is 4.69. The van der Waals surface area contributed by atoms with Crippen LogP contribution in [0.5, 0.6) is 0 Å². The molecule has 7 nitrogen and oxygen atoms in total. The van der Waals surface area contributed by atoms with Gasteiger partial charge in [0.05, 0.1) is 18.8 Å². The monoisotopic (exact) mass is 1070 g/mol. The van der Waals surface area contributed by atoms with Crippen molar-refractivity contribution in [3.05, 3.63) is 32.7 Å². The van der Waals surface area contributed by atoms with Crippen molar-refractivity contribution >= 4 is 7.85 Å². The fraction of sp³-hybridized carbons (Fsp3) is 0.864. The molecule has 2 aliphatic heterocycles. The van der Waals surface area contributed by atoms with Gasteiger partial charge in [-0.2, -0.15) is 0 Å². The second-order valence-corrected chi connectivity index (χ2v) is 8.01. The number of nitrogens with one attached hydrogen (secondary N) is 2. The second-order valence-electron chi connectivity index (χ2n) is 8.01. The van der Waals surface area contributed by atoms with Gasteiger partial charge in [0, 0.05) is 248 Å². The molecule has 2 heterocycles. The minimum Gasteiger partial charge on any atom is -0.673 e. The molecule has 0 aromatic rings. The molecule has 0 saturated carbocycles. The molecule has 207 valence electrons. The molecule has 0 amide bonds. The van der Waals surface area contributed by atoms with E-state index in [1.54, 1.807) is 6.92 Å². The summed E-state index contributed by atoms with van der Waals surface area (Å²) < 4.78 is 36.0. The van der Waals surface area contributed by atoms with E-state index >= 15 is 0 Å². The number of alkyl halides is 1. The van der Waals surface area contributed by atoms with E-state index in [-0.39, 0.29) is 261 Å². The molecule has 0 bridgehead atoms. The molecule has 0 aliphatic carbocycles. The normalized spacial score (nSPS) is 34.6. The van der Waals surface area contributed by atoms with E-state index in [0.717, 1.165) is 6.42 Å². The second kappa shape index (κ2) is 38.9. The molecular weight excluding hydrogens is 1020 g/mol. The molecule has 2 aliphatic rings. The van der Waals surface area contributed by atoms with Gasteiger partial charge in [-0.1, -0.05) is 52.7 Å². The first kappa shape index (κ1) is 64.0. The predicted molar refractivity (Wildman–Crippen MR) is 124 cm³/mol. The Bertz CT molecular complexity index is 497. The number of hydrogen-bond acceptors (Lipinski definition) is 5. The number of halogens is 1. The Hall–Kier alpha value is 7.44. The zero-order valence-corrected chi connectivity index (χ0v) is 43.7. The van der Waals surface area contributed by atoms with Gasteiger partial charge in [0.15, 0.2) is 0 Å². The van der Waals surface area contributed by atoms with Gasteiger partial charge in [-0.3, -0.25) is 4.39 Å². The molecule has 16 heteroatoms. The average molecular weight is 1070 g/mol. The maximum Gasteiger partial charge on any atom is 0.144 e. The smallest absolute Gasteiger partial charge is 0.144 e. The molecule has 38 heavy (non-hydrogen) atoms. The van der Waals surface area contributed by atoms with Crippen LogP contribution < -0.4 is 0 Å². The van der Waals surface area contributed by atoms with Crippen LogP contribution in [0.1, 0.15) is 48.8 Å². The summed E-state index contributed by atoms with van der Waals surface area (Å²) in [7, 11) is 5.78. The van der Waals surface area contributed by atoms with Crippen molar-refractivity contribution in [1.82, 2.24) is 0 Å². The summed E-state index contributed by atoms with van der Waals surface area (Å²) in [4.78, 5) is 0. The molecule has 4 unspecified atom stereocenters. The van der Waals surface area contributed by atoms with E-state index in [0.29, 0.717) is 0 Å². The topological polar surface area (TPSA) is 116 Å². The Kier molecular flexibility index (Phi) is 65.5. The Morgan fingerprint density at radius 2 is 1.45 bits per heavy atom. The van der Waals surface area contributed by atoms with Crippen LogP contribution in [0, 0.1) is 33.1 Å². The van der Waals surface area contributed by atoms with Crippen LogP contribution in [0.25, 0.3) is 11.5 Å². The summed E-state index contributed by atoms with van der Waals surface area (Å²) in [5, 5.41) is 18.1. The Morgan fingerprint density at radius 1 is 1.05 bits per heavy atom. The molecule has 4 N–H and O–H groups in total. The van der Waals surface area contributed by atoms with E-state index in [9.17, 15) is 9.50 Å². The zero-order chi connectivity index (χ0) is 24.5. The maximum atomic E-state index is 10.9. The summed E-state index contributed by atoms with van der Waals surface area (Å²) in [5.41, 5.74) is 15.9. The standard InChI is InChI=1S/C15H27BN2O4.C3H6F.C3H7O.CH3.7Y/c1-4-10-8(3)13(19)12(18)15(22-10)20-6-9-5-7(2)11(17)14(16)21-9;2*1-3(2)4;;;;;;;;/h7-15,17-19H,4-6H2,1-3H3;3H,1H2,2H3;3-4H,1H2,2H3;1H3;;;;;;;/q-2;3*-1;;;;;;;/t7-,8+,9?,10?,11?,12?,13-,14-,15+;2*3-;;;;;;;;/m000......../s1/i5D;;;;;;;;;;/t5-,7-,8+,9?,10?,11?,12?,13-,14-,15+;;;;;;;;;;. The Labute approximate surface area is 411 Å². The third-order valence-corrected chi connectivity index (χ3v) is 4.69. The fourth-order valence-electron chi connectivity index (χ4n) is 3.07. The molecule has 12 atom stereocenters. The molecule has 2 rings (SSSR count). The van der Waals surface area contributed by atoms with Crippen LogP contribution in [0.3, 0.4) is 0 Å². The first-order valence-electron chi connectivity index (χ1n) is 11.0. The third kappa shape index (κ3) is 30.8. The SMILES string of the molecule is [2H][C@@H]1C(CO[C@@H]2OC(CC)[C@@H](C)[C@H](O)C2[NH-])O[C@H]([B])C([NH-])[C@H]1C.[CH2-][C@@H](C)F.[CH2-][C@@H](C)O.[CH3-].[Y].[Y].[Y].[Y].[Y].[Y].[Y]. The van der Waals surface area contributed by atoms with Gasteiger partial charge in [0.1, 0.15) is 14.1 Å². The first-order valence-corrected chi connectivity index (χ1v) is 10.4. The Balaban J connectivity index is -0.0000000716. The molecule has 0 aromatic carbocycles. The van der Waals surface area contributed by atoms with Crippen LogP contribution in [0.15, 0.2) is 0 Å². The average Bonchev–Trinajstić information content (AvgIpc) is 2.66. The van der Waals surface area contributed by atoms with Gasteiger partial charge in [-0.25, -0.2) is 0 Å². The van der Waals surface area contributed by atoms with Crippen LogP contribution in [-0.2, 0) is 243 Å². The van der Waals surface area contributed by atoms with Gasteiger partial charge in [-0.05, 0) is 19.0 Å². The molecule has 0 aromatic heterocycles. The van der Waals surface area contributed by atoms with Crippen molar-refractivity contribution < 1.29 is 259 Å². The number of aliphatic hydroxyl groups excluding tert-OH is 2. The summed E-state index contributed by atoms with van der Waals surface area (Å²) in [6.45, 7) is 14.9. The van der Waals surface area contributed by atoms with Gasteiger partial charge in [-0.15, -0.1) is 6.04 Å². The summed E-state index contributed by atoms with van der Waals surface area (Å²) in [5.74, 6) is -0.338. The summed E-state index contributed by atoms with van der Waals surface area (Å²) >= 11 is 0. The number of rotatable bonds is 4. The molecule has 2 saturated heterocycles. The van der Waals surface area contributed by atoms with E-state index in [4.69, 9.17) is 40.0 Å².